The highest BCUT2D eigenvalue weighted by Gasteiger charge is 2.42. The molecule has 0 aliphatic carbocycles. The van der Waals surface area contributed by atoms with Crippen molar-refractivity contribution in [3.63, 3.8) is 0 Å². The highest BCUT2D eigenvalue weighted by atomic mass is 16.5. The topological polar surface area (TPSA) is 58.6 Å². The number of carbonyl (C=O) groups excluding carboxylic acids is 2. The Morgan fingerprint density at radius 2 is 2.10 bits per heavy atom. The smallest absolute Gasteiger partial charge is 0.247 e. The molecule has 0 aromatic rings. The Labute approximate surface area is 121 Å². The highest BCUT2D eigenvalue weighted by molar-refractivity contribution is 6.05. The van der Waals surface area contributed by atoms with Gasteiger partial charge in [-0.1, -0.05) is 13.8 Å². The van der Waals surface area contributed by atoms with Crippen LogP contribution >= 0.6 is 0 Å². The number of imide groups is 1. The Bertz CT molecular complexity index is 373. The van der Waals surface area contributed by atoms with E-state index in [4.69, 9.17) is 4.74 Å². The van der Waals surface area contributed by atoms with Gasteiger partial charge in [-0.05, 0) is 32.6 Å². The van der Waals surface area contributed by atoms with Crippen LogP contribution in [0.4, 0.5) is 0 Å². The number of likely N-dealkylation sites (tertiary alicyclic amines) is 1. The zero-order valence-electron chi connectivity index (χ0n) is 12.8. The number of nitrogens with zero attached hydrogens (tertiary/aromatic N) is 1. The molecule has 0 spiro atoms. The molecule has 0 aromatic heterocycles. The molecule has 2 heterocycles. The summed E-state index contributed by atoms with van der Waals surface area (Å²) in [4.78, 5) is 25.9. The van der Waals surface area contributed by atoms with E-state index in [0.29, 0.717) is 6.54 Å². The molecule has 0 aromatic carbocycles. The zero-order chi connectivity index (χ0) is 14.8. The van der Waals surface area contributed by atoms with Crippen LogP contribution in [0.1, 0.15) is 52.9 Å². The normalized spacial score (nSPS) is 30.8. The Morgan fingerprint density at radius 3 is 2.65 bits per heavy atom. The van der Waals surface area contributed by atoms with E-state index in [0.717, 1.165) is 32.3 Å². The molecule has 2 atom stereocenters. The van der Waals surface area contributed by atoms with Crippen molar-refractivity contribution >= 4 is 11.8 Å². The van der Waals surface area contributed by atoms with Crippen LogP contribution in [0, 0.1) is 0 Å². The van der Waals surface area contributed by atoms with Crippen LogP contribution in [-0.4, -0.2) is 47.6 Å². The number of ether oxygens (including phenoxy) is 1. The van der Waals surface area contributed by atoms with Gasteiger partial charge in [-0.25, -0.2) is 0 Å². The number of rotatable bonds is 6. The summed E-state index contributed by atoms with van der Waals surface area (Å²) in [6.45, 7) is 7.52. The van der Waals surface area contributed by atoms with Gasteiger partial charge >= 0.3 is 0 Å². The number of amides is 2. The molecule has 20 heavy (non-hydrogen) atoms. The van der Waals surface area contributed by atoms with Crippen LogP contribution in [-0.2, 0) is 14.3 Å². The lowest BCUT2D eigenvalue weighted by Gasteiger charge is -2.26. The Balaban J connectivity index is 1.94. The first-order chi connectivity index (χ1) is 9.50. The Morgan fingerprint density at radius 1 is 1.40 bits per heavy atom. The van der Waals surface area contributed by atoms with Crippen molar-refractivity contribution in [3.05, 3.63) is 0 Å². The number of hydrogen-bond donors (Lipinski definition) is 1. The van der Waals surface area contributed by atoms with Gasteiger partial charge < -0.3 is 10.1 Å². The molecular formula is C15H26N2O3. The predicted molar refractivity (Wildman–Crippen MR) is 76.2 cm³/mol. The van der Waals surface area contributed by atoms with Crippen LogP contribution in [0.5, 0.6) is 0 Å². The van der Waals surface area contributed by atoms with Crippen molar-refractivity contribution in [1.29, 1.82) is 0 Å². The lowest BCUT2D eigenvalue weighted by Crippen LogP contribution is -2.47. The average molecular weight is 282 g/mol. The third-order valence-corrected chi connectivity index (χ3v) is 4.51. The molecular weight excluding hydrogens is 256 g/mol. The molecule has 5 nitrogen and oxygen atoms in total. The summed E-state index contributed by atoms with van der Waals surface area (Å²) in [5.74, 6) is -0.107. The molecule has 2 rings (SSSR count). The van der Waals surface area contributed by atoms with Crippen molar-refractivity contribution in [2.45, 2.75) is 70.6 Å². The summed E-state index contributed by atoms with van der Waals surface area (Å²) in [6, 6.07) is -0.329. The van der Waals surface area contributed by atoms with E-state index in [1.54, 1.807) is 0 Å². The third kappa shape index (κ3) is 3.04. The summed E-state index contributed by atoms with van der Waals surface area (Å²) in [5.41, 5.74) is -0.189. The van der Waals surface area contributed by atoms with Gasteiger partial charge in [0, 0.05) is 19.2 Å². The first-order valence-corrected chi connectivity index (χ1v) is 7.74. The van der Waals surface area contributed by atoms with Gasteiger partial charge in [0.1, 0.15) is 0 Å². The van der Waals surface area contributed by atoms with Crippen molar-refractivity contribution < 1.29 is 14.3 Å². The first-order valence-electron chi connectivity index (χ1n) is 7.74. The minimum atomic E-state index is -0.371. The number of hydrogen-bond acceptors (Lipinski definition) is 4. The van der Waals surface area contributed by atoms with Gasteiger partial charge in [-0.2, -0.15) is 0 Å². The van der Waals surface area contributed by atoms with Gasteiger partial charge in [-0.3, -0.25) is 14.5 Å². The molecule has 2 aliphatic heterocycles. The van der Waals surface area contributed by atoms with E-state index in [2.05, 4.69) is 12.2 Å². The molecule has 0 radical (unpaired) electrons. The summed E-state index contributed by atoms with van der Waals surface area (Å²) in [6.07, 6.45) is 4.00. The largest absolute Gasteiger partial charge is 0.374 e. The summed E-state index contributed by atoms with van der Waals surface area (Å²) in [5, 5.41) is 3.24. The summed E-state index contributed by atoms with van der Waals surface area (Å²) < 4.78 is 5.71. The second-order valence-electron chi connectivity index (χ2n) is 6.11. The van der Waals surface area contributed by atoms with E-state index in [-0.39, 0.29) is 35.9 Å². The van der Waals surface area contributed by atoms with E-state index < -0.39 is 0 Å². The van der Waals surface area contributed by atoms with Crippen molar-refractivity contribution in [1.82, 2.24) is 10.2 Å². The zero-order valence-corrected chi connectivity index (χ0v) is 12.8. The van der Waals surface area contributed by atoms with Gasteiger partial charge in [0.15, 0.2) is 0 Å². The lowest BCUT2D eigenvalue weighted by molar-refractivity contribution is -0.141. The molecule has 1 N–H and O–H groups in total. The summed E-state index contributed by atoms with van der Waals surface area (Å²) >= 11 is 0. The molecule has 0 bridgehead atoms. The maximum absolute atomic E-state index is 12.4. The van der Waals surface area contributed by atoms with E-state index in [1.807, 2.05) is 13.8 Å². The Kier molecular flexibility index (Phi) is 4.81. The minimum Gasteiger partial charge on any atom is -0.374 e. The lowest BCUT2D eigenvalue weighted by atomic mass is 10.0. The molecule has 114 valence electrons. The second kappa shape index (κ2) is 6.22. The van der Waals surface area contributed by atoms with Crippen molar-refractivity contribution in [2.75, 3.05) is 13.2 Å². The van der Waals surface area contributed by atoms with Gasteiger partial charge in [0.25, 0.3) is 0 Å². The van der Waals surface area contributed by atoms with Gasteiger partial charge in [-0.15, -0.1) is 0 Å². The molecule has 2 amide bonds. The second-order valence-corrected chi connectivity index (χ2v) is 6.11. The van der Waals surface area contributed by atoms with Crippen LogP contribution in [0.3, 0.4) is 0 Å². The number of nitrogens with one attached hydrogen (secondary N) is 1. The van der Waals surface area contributed by atoms with Gasteiger partial charge in [0.2, 0.25) is 11.8 Å². The van der Waals surface area contributed by atoms with Gasteiger partial charge in [0.05, 0.1) is 18.1 Å². The molecule has 5 heteroatoms. The monoisotopic (exact) mass is 282 g/mol. The fourth-order valence-corrected chi connectivity index (χ4v) is 3.16. The van der Waals surface area contributed by atoms with Crippen LogP contribution in [0.15, 0.2) is 0 Å². The molecule has 2 unspecified atom stereocenters. The van der Waals surface area contributed by atoms with Crippen molar-refractivity contribution in [2.24, 2.45) is 0 Å². The number of carbonyl (C=O) groups is 2. The maximum Gasteiger partial charge on any atom is 0.247 e. The quantitative estimate of drug-likeness (QED) is 0.749. The Hall–Kier alpha value is -0.940. The fourth-order valence-electron chi connectivity index (χ4n) is 3.16. The van der Waals surface area contributed by atoms with E-state index in [9.17, 15) is 9.59 Å². The standard InChI is InChI=1S/C15H26N2O3/c1-4-11(5-2)17-13(18)9-12(14(17)19)16-10-15(3)7-6-8-20-15/h11-12,16H,4-10H2,1-3H3. The van der Waals surface area contributed by atoms with Crippen LogP contribution in [0.25, 0.3) is 0 Å². The maximum atomic E-state index is 12.4. The van der Waals surface area contributed by atoms with Crippen LogP contribution in [0.2, 0.25) is 0 Å². The first kappa shape index (κ1) is 15.4. The SMILES string of the molecule is CCC(CC)N1C(=O)CC(NCC2(C)CCCO2)C1=O. The highest BCUT2D eigenvalue weighted by Crippen LogP contribution is 2.25. The van der Waals surface area contributed by atoms with E-state index >= 15 is 0 Å². The average Bonchev–Trinajstić information content (AvgIpc) is 2.97. The van der Waals surface area contributed by atoms with Crippen molar-refractivity contribution in [3.8, 4) is 0 Å². The molecule has 2 saturated heterocycles. The van der Waals surface area contributed by atoms with E-state index in [1.165, 1.54) is 4.90 Å². The fraction of sp³-hybridized carbons (Fsp3) is 0.867. The molecule has 0 saturated carbocycles. The third-order valence-electron chi connectivity index (χ3n) is 4.51. The summed E-state index contributed by atoms with van der Waals surface area (Å²) in [7, 11) is 0. The molecule has 2 fully saturated rings. The molecule has 2 aliphatic rings. The predicted octanol–water partition coefficient (Wildman–Crippen LogP) is 1.46. The minimum absolute atomic E-state index is 0.0418. The van der Waals surface area contributed by atoms with Crippen LogP contribution < -0.4 is 5.32 Å².